The van der Waals surface area contributed by atoms with Crippen LogP contribution in [0, 0.1) is 5.82 Å². The van der Waals surface area contributed by atoms with Gasteiger partial charge in [0.1, 0.15) is 29.7 Å². The van der Waals surface area contributed by atoms with Gasteiger partial charge in [0.25, 0.3) is 5.91 Å². The minimum atomic E-state index is -0.940. The van der Waals surface area contributed by atoms with E-state index in [0.29, 0.717) is 32.9 Å². The Bertz CT molecular complexity index is 1540. The van der Waals surface area contributed by atoms with Crippen molar-refractivity contribution in [3.05, 3.63) is 107 Å². The van der Waals surface area contributed by atoms with E-state index < -0.39 is 6.04 Å². The minimum absolute atomic E-state index is 0.0876. The molecule has 3 aromatic carbocycles. The Labute approximate surface area is 222 Å². The monoisotopic (exact) mass is 529 g/mol. The predicted octanol–water partition coefficient (Wildman–Crippen LogP) is 5.05. The molecule has 5 rings (SSSR count). The van der Waals surface area contributed by atoms with Crippen LogP contribution in [0.4, 0.5) is 10.1 Å². The lowest BCUT2D eigenvalue weighted by atomic mass is 10.1. The number of anilines is 1. The third-order valence-corrected chi connectivity index (χ3v) is 6.95. The minimum Gasteiger partial charge on any atom is -0.497 e. The zero-order chi connectivity index (χ0) is 26.5. The van der Waals surface area contributed by atoms with Crippen molar-refractivity contribution in [1.29, 1.82) is 0 Å². The van der Waals surface area contributed by atoms with Crippen molar-refractivity contribution < 1.29 is 18.7 Å². The first-order valence-electron chi connectivity index (χ1n) is 11.8. The topological polar surface area (TPSA) is 89.4 Å². The number of fused-ring (bicyclic) bond motifs is 1. The number of carbonyl (C=O) groups is 2. The molecule has 10 heteroatoms. The molecule has 0 fully saturated rings. The number of carbonyl (C=O) groups excluding carboxylic acids is 2. The lowest BCUT2D eigenvalue weighted by molar-refractivity contribution is -0.140. The second-order valence-electron chi connectivity index (χ2n) is 8.52. The van der Waals surface area contributed by atoms with Crippen LogP contribution < -0.4 is 10.1 Å². The van der Waals surface area contributed by atoms with E-state index >= 15 is 0 Å². The first-order chi connectivity index (χ1) is 18.5. The molecule has 0 aliphatic rings. The molecule has 5 aromatic rings. The molecular formula is C28H24FN5O3S. The van der Waals surface area contributed by atoms with Gasteiger partial charge in [0.15, 0.2) is 0 Å². The molecule has 38 heavy (non-hydrogen) atoms. The van der Waals surface area contributed by atoms with E-state index in [1.165, 1.54) is 33.1 Å². The van der Waals surface area contributed by atoms with E-state index in [0.717, 1.165) is 0 Å². The smallest absolute Gasteiger partial charge is 0.252 e. The highest BCUT2D eigenvalue weighted by atomic mass is 32.1. The fourth-order valence-electron chi connectivity index (χ4n) is 4.12. The molecule has 1 unspecified atom stereocenters. The molecule has 2 amide bonds. The predicted molar refractivity (Wildman–Crippen MR) is 143 cm³/mol. The normalized spacial score (nSPS) is 11.7. The van der Waals surface area contributed by atoms with E-state index in [1.807, 2.05) is 41.8 Å². The first-order valence-corrected chi connectivity index (χ1v) is 12.7. The highest BCUT2D eigenvalue weighted by Gasteiger charge is 2.33. The van der Waals surface area contributed by atoms with Gasteiger partial charge < -0.3 is 15.0 Å². The van der Waals surface area contributed by atoms with Crippen LogP contribution in [0.2, 0.25) is 0 Å². The molecule has 0 aliphatic heterocycles. The second kappa shape index (κ2) is 11.2. The molecule has 2 heterocycles. The molecule has 0 spiro atoms. The van der Waals surface area contributed by atoms with Gasteiger partial charge in [-0.2, -0.15) is 0 Å². The van der Waals surface area contributed by atoms with E-state index in [-0.39, 0.29) is 30.7 Å². The second-order valence-corrected chi connectivity index (χ2v) is 9.50. The maximum absolute atomic E-state index is 13.9. The molecule has 0 saturated carbocycles. The molecule has 0 saturated heterocycles. The van der Waals surface area contributed by atoms with Gasteiger partial charge in [-0.3, -0.25) is 9.59 Å². The molecule has 0 bridgehead atoms. The van der Waals surface area contributed by atoms with Gasteiger partial charge >= 0.3 is 0 Å². The largest absolute Gasteiger partial charge is 0.497 e. The summed E-state index contributed by atoms with van der Waals surface area (Å²) in [5.74, 6) is -0.441. The summed E-state index contributed by atoms with van der Waals surface area (Å²) >= 11 is 1.38. The molecule has 0 radical (unpaired) electrons. The van der Waals surface area contributed by atoms with E-state index in [1.54, 1.807) is 43.5 Å². The molecule has 1 atom stereocenters. The molecule has 0 aliphatic carbocycles. The van der Waals surface area contributed by atoms with Crippen LogP contribution in [-0.4, -0.2) is 38.8 Å². The number of methoxy groups -OCH3 is 1. The van der Waals surface area contributed by atoms with E-state index in [9.17, 15) is 14.0 Å². The van der Waals surface area contributed by atoms with Crippen LogP contribution in [0.5, 0.6) is 5.75 Å². The van der Waals surface area contributed by atoms with Gasteiger partial charge in [-0.1, -0.05) is 35.5 Å². The van der Waals surface area contributed by atoms with Gasteiger partial charge in [0, 0.05) is 17.1 Å². The van der Waals surface area contributed by atoms with Crippen LogP contribution in [0.3, 0.4) is 0 Å². The third kappa shape index (κ3) is 5.55. The average Bonchev–Trinajstić information content (AvgIpc) is 3.61. The van der Waals surface area contributed by atoms with Crippen LogP contribution >= 0.6 is 11.3 Å². The van der Waals surface area contributed by atoms with Crippen LogP contribution in [0.1, 0.15) is 16.5 Å². The number of ether oxygens (including phenoxy) is 1. The summed E-state index contributed by atoms with van der Waals surface area (Å²) < 4.78 is 20.3. The number of amides is 2. The van der Waals surface area contributed by atoms with Gasteiger partial charge in [-0.25, -0.2) is 9.07 Å². The Morgan fingerprint density at radius 3 is 2.50 bits per heavy atom. The summed E-state index contributed by atoms with van der Waals surface area (Å²) in [7, 11) is 1.57. The van der Waals surface area contributed by atoms with E-state index in [4.69, 9.17) is 4.74 Å². The van der Waals surface area contributed by atoms with Gasteiger partial charge in [0.05, 0.1) is 12.6 Å². The van der Waals surface area contributed by atoms with Crippen LogP contribution in [0.25, 0.3) is 11.0 Å². The lowest BCUT2D eigenvalue weighted by Gasteiger charge is -2.30. The summed E-state index contributed by atoms with van der Waals surface area (Å²) in [5.41, 5.74) is 2.62. The number of thiophene rings is 1. The van der Waals surface area contributed by atoms with Crippen molar-refractivity contribution >= 4 is 39.9 Å². The SMILES string of the molecule is COc1ccc(NC(=O)C(c2cccs2)N(Cc2ccc(F)cc2)C(=O)Cn2nnc3ccccc32)cc1. The fourth-order valence-corrected chi connectivity index (χ4v) is 4.95. The zero-order valence-corrected chi connectivity index (χ0v) is 21.3. The summed E-state index contributed by atoms with van der Waals surface area (Å²) in [4.78, 5) is 29.8. The van der Waals surface area contributed by atoms with Gasteiger partial charge in [-0.15, -0.1) is 16.4 Å². The maximum Gasteiger partial charge on any atom is 0.252 e. The number of hydrogen-bond donors (Lipinski definition) is 1. The Morgan fingerprint density at radius 1 is 1.03 bits per heavy atom. The summed E-state index contributed by atoms with van der Waals surface area (Å²) in [6.07, 6.45) is 0. The van der Waals surface area contributed by atoms with Crippen molar-refractivity contribution in [2.75, 3.05) is 12.4 Å². The quantitative estimate of drug-likeness (QED) is 0.289. The lowest BCUT2D eigenvalue weighted by Crippen LogP contribution is -2.42. The number of nitrogens with zero attached hydrogens (tertiary/aromatic N) is 4. The van der Waals surface area contributed by atoms with Crippen molar-refractivity contribution in [2.45, 2.75) is 19.1 Å². The molecule has 8 nitrogen and oxygen atoms in total. The van der Waals surface area contributed by atoms with Gasteiger partial charge in [-0.05, 0) is 65.5 Å². The molecule has 192 valence electrons. The molecule has 1 N–H and O–H groups in total. The number of hydrogen-bond acceptors (Lipinski definition) is 6. The first kappa shape index (κ1) is 25.1. The number of halogens is 1. The van der Waals surface area contributed by atoms with E-state index in [2.05, 4.69) is 15.6 Å². The Morgan fingerprint density at radius 2 is 1.79 bits per heavy atom. The number of para-hydroxylation sites is 1. The molecule has 2 aromatic heterocycles. The molecular weight excluding hydrogens is 505 g/mol. The number of nitrogens with one attached hydrogen (secondary N) is 1. The third-order valence-electron chi connectivity index (χ3n) is 6.02. The van der Waals surface area contributed by atoms with Crippen molar-refractivity contribution in [1.82, 2.24) is 19.9 Å². The maximum atomic E-state index is 13.9. The average molecular weight is 530 g/mol. The Balaban J connectivity index is 1.50. The summed E-state index contributed by atoms with van der Waals surface area (Å²) in [6, 6.07) is 22.9. The van der Waals surface area contributed by atoms with Crippen molar-refractivity contribution in [3.8, 4) is 5.75 Å². The standard InChI is InChI=1S/C28H24FN5O3S/c1-37-22-14-12-21(13-15-22)30-28(36)27(25-7-4-16-38-25)33(17-19-8-10-20(29)11-9-19)26(35)18-34-24-6-3-2-5-23(24)31-32-34/h2-16,27H,17-18H2,1H3,(H,30,36). The summed E-state index contributed by atoms with van der Waals surface area (Å²) in [5, 5.41) is 13.1. The highest BCUT2D eigenvalue weighted by Crippen LogP contribution is 2.29. The van der Waals surface area contributed by atoms with Crippen LogP contribution in [-0.2, 0) is 22.7 Å². The summed E-state index contributed by atoms with van der Waals surface area (Å²) in [6.45, 7) is -0.0380. The number of rotatable bonds is 9. The fraction of sp³-hybridized carbons (Fsp3) is 0.143. The zero-order valence-electron chi connectivity index (χ0n) is 20.5. The van der Waals surface area contributed by atoms with Gasteiger partial charge in [0.2, 0.25) is 5.91 Å². The Kier molecular flexibility index (Phi) is 7.41. The Hall–Kier alpha value is -4.57. The van der Waals surface area contributed by atoms with Crippen LogP contribution in [0.15, 0.2) is 90.3 Å². The number of benzene rings is 3. The number of aromatic nitrogens is 3. The highest BCUT2D eigenvalue weighted by molar-refractivity contribution is 7.10. The van der Waals surface area contributed by atoms with Crippen molar-refractivity contribution in [3.63, 3.8) is 0 Å². The van der Waals surface area contributed by atoms with Crippen molar-refractivity contribution in [2.24, 2.45) is 0 Å².